The number of cyclic esters (lactones) is 1. The van der Waals surface area contributed by atoms with E-state index >= 15 is 0 Å². The fraction of sp³-hybridized carbons (Fsp3) is 0.783. The minimum Gasteiger partial charge on any atom is -0.462 e. The number of fused-ring (bicyclic) bond motifs is 2. The van der Waals surface area contributed by atoms with Crippen LogP contribution in [0.1, 0.15) is 178 Å². The number of aliphatic hydroxyl groups is 10. The molecule has 0 amide bonds. The fourth-order valence-corrected chi connectivity index (χ4v) is 10.1. The summed E-state index contributed by atoms with van der Waals surface area (Å²) in [5.74, 6) is -4.91. The first-order valence-corrected chi connectivity index (χ1v) is 29.0. The number of carbonyl (C=O) groups is 2. The zero-order chi connectivity index (χ0) is 58.7. The highest BCUT2D eigenvalue weighted by atomic mass is 16.7. The summed E-state index contributed by atoms with van der Waals surface area (Å²) in [6.07, 6.45) is 6.50. The van der Waals surface area contributed by atoms with Crippen molar-refractivity contribution in [1.29, 1.82) is 0 Å². The third kappa shape index (κ3) is 27.3. The number of rotatable bonds is 15. The van der Waals surface area contributed by atoms with Crippen LogP contribution in [0.3, 0.4) is 0 Å². The lowest BCUT2D eigenvalue weighted by Crippen LogP contribution is -2.60. The minimum atomic E-state index is -2.43. The third-order valence-corrected chi connectivity index (χ3v) is 15.6. The Bertz CT molecular complexity index is 1910. The zero-order valence-electron chi connectivity index (χ0n) is 48.6. The van der Waals surface area contributed by atoms with Gasteiger partial charge in [0.2, 0.25) is 0 Å². The lowest BCUT2D eigenvalue weighted by Gasteiger charge is -2.45. The predicted octanol–water partition coefficient (Wildman–Crippen LogP) is 5.85. The summed E-state index contributed by atoms with van der Waals surface area (Å²) < 4.78 is 18.1. The van der Waals surface area contributed by atoms with Crippen LogP contribution in [0.5, 0.6) is 0 Å². The van der Waals surface area contributed by atoms with Crippen molar-refractivity contribution < 1.29 is 74.9 Å². The maximum absolute atomic E-state index is 13.6. The van der Waals surface area contributed by atoms with Crippen molar-refractivity contribution in [2.75, 3.05) is 6.54 Å². The lowest BCUT2D eigenvalue weighted by atomic mass is 9.84. The number of aliphatic imine (C=N–C) groups is 1. The monoisotopic (exact) mass is 1110 g/mol. The van der Waals surface area contributed by atoms with Gasteiger partial charge in [-0.15, -0.1) is 0 Å². The molecule has 0 radical (unpaired) electrons. The van der Waals surface area contributed by atoms with Crippen LogP contribution in [-0.4, -0.2) is 155 Å². The first-order chi connectivity index (χ1) is 36.6. The molecule has 0 aromatic carbocycles. The SMILES string of the molecule is C/C1=C/C=C/[C@@H](C)[C@@H](O)C[C@@H](O)[C@H](C)[C@H](O)CC[C@H](C)[C@@H](O)C[C@@]2(O)O[C@@H](C[C@H](OC(=O)CCCCC(C)C)C[C@@H](O)C[C@H](O)C[C@@H](O)/C(C)=C\C=C\[C@@H](C)[C@H]([C@@H](C)CCC/C=C/CCCN=C(N)N)OC1=O)C[C@@H](O)[C@@H]2O. The van der Waals surface area contributed by atoms with Gasteiger partial charge in [0.15, 0.2) is 11.7 Å². The molecular weight excluding hydrogens is 1000 g/mol. The van der Waals surface area contributed by atoms with Gasteiger partial charge in [0.1, 0.15) is 18.3 Å². The summed E-state index contributed by atoms with van der Waals surface area (Å²) in [6, 6.07) is 0. The number of nitrogens with two attached hydrogens (primary N) is 2. The highest BCUT2D eigenvalue weighted by molar-refractivity contribution is 5.88. The van der Waals surface area contributed by atoms with E-state index in [0.29, 0.717) is 30.0 Å². The van der Waals surface area contributed by atoms with Crippen LogP contribution in [0.2, 0.25) is 0 Å². The number of esters is 2. The van der Waals surface area contributed by atoms with Gasteiger partial charge in [-0.05, 0) is 95.0 Å². The Hall–Kier alpha value is -3.53. The molecule has 0 aliphatic carbocycles. The molecule has 1 saturated heterocycles. The van der Waals surface area contributed by atoms with Crippen LogP contribution in [0.25, 0.3) is 0 Å². The molecule has 0 aromatic rings. The van der Waals surface area contributed by atoms with Crippen molar-refractivity contribution in [3.05, 3.63) is 59.8 Å². The van der Waals surface area contributed by atoms with Gasteiger partial charge in [-0.2, -0.15) is 0 Å². The van der Waals surface area contributed by atoms with Gasteiger partial charge < -0.3 is 76.7 Å². The maximum atomic E-state index is 13.6. The summed E-state index contributed by atoms with van der Waals surface area (Å²) in [5, 5.41) is 112. The number of carbonyl (C=O) groups excluding carboxylic acids is 2. The molecule has 2 bridgehead atoms. The van der Waals surface area contributed by atoms with Crippen LogP contribution in [0.4, 0.5) is 0 Å². The summed E-state index contributed by atoms with van der Waals surface area (Å²) in [4.78, 5) is 30.9. The van der Waals surface area contributed by atoms with Crippen LogP contribution in [-0.2, 0) is 23.8 Å². The van der Waals surface area contributed by atoms with Gasteiger partial charge in [-0.1, -0.05) is 110 Å². The number of hydrogen-bond acceptors (Lipinski definition) is 16. The van der Waals surface area contributed by atoms with E-state index in [9.17, 15) is 60.7 Å². The number of unbranched alkanes of at least 4 members (excludes halogenated alkanes) is 3. The summed E-state index contributed by atoms with van der Waals surface area (Å²) in [6.45, 7) is 17.2. The number of aliphatic hydroxyl groups excluding tert-OH is 9. The first-order valence-electron chi connectivity index (χ1n) is 29.0. The van der Waals surface area contributed by atoms with Crippen LogP contribution in [0, 0.1) is 35.5 Å². The molecule has 2 heterocycles. The zero-order valence-corrected chi connectivity index (χ0v) is 48.6. The van der Waals surface area contributed by atoms with E-state index in [1.165, 1.54) is 0 Å². The highest BCUT2D eigenvalue weighted by Crippen LogP contribution is 2.36. The Morgan fingerprint density at radius 2 is 1.38 bits per heavy atom. The van der Waals surface area contributed by atoms with Crippen molar-refractivity contribution >= 4 is 17.9 Å². The van der Waals surface area contributed by atoms with Crippen molar-refractivity contribution in [3.8, 4) is 0 Å². The molecular formula is C60H105N3O15. The van der Waals surface area contributed by atoms with E-state index in [4.69, 9.17) is 25.7 Å². The number of ether oxygens (including phenoxy) is 3. The van der Waals surface area contributed by atoms with Gasteiger partial charge >= 0.3 is 11.9 Å². The number of guanidine groups is 1. The van der Waals surface area contributed by atoms with Gasteiger partial charge in [0.05, 0.1) is 54.9 Å². The molecule has 18 nitrogen and oxygen atoms in total. The molecule has 0 aromatic heterocycles. The first kappa shape index (κ1) is 70.6. The Morgan fingerprint density at radius 1 is 0.744 bits per heavy atom. The predicted molar refractivity (Wildman–Crippen MR) is 303 cm³/mol. The van der Waals surface area contributed by atoms with E-state index in [1.54, 1.807) is 65.0 Å². The number of nitrogens with zero attached hydrogens (tertiary/aromatic N) is 1. The van der Waals surface area contributed by atoms with Crippen LogP contribution >= 0.6 is 0 Å². The molecule has 0 unspecified atom stereocenters. The summed E-state index contributed by atoms with van der Waals surface area (Å²) >= 11 is 0. The Morgan fingerprint density at radius 3 is 2.05 bits per heavy atom. The number of hydrogen-bond donors (Lipinski definition) is 12. The van der Waals surface area contributed by atoms with Crippen molar-refractivity contribution in [1.82, 2.24) is 0 Å². The Labute approximate surface area is 466 Å². The van der Waals surface area contributed by atoms with Crippen molar-refractivity contribution in [2.24, 2.45) is 52.0 Å². The minimum absolute atomic E-state index is 0.0468. The highest BCUT2D eigenvalue weighted by Gasteiger charge is 2.50. The van der Waals surface area contributed by atoms with Crippen LogP contribution < -0.4 is 11.5 Å². The number of allylic oxidation sites excluding steroid dienone is 6. The molecule has 2 rings (SSSR count). The molecule has 1 fully saturated rings. The largest absolute Gasteiger partial charge is 0.462 e. The molecule has 2 aliphatic rings. The second kappa shape index (κ2) is 36.7. The third-order valence-electron chi connectivity index (χ3n) is 15.6. The van der Waals surface area contributed by atoms with E-state index in [0.717, 1.165) is 44.9 Å². The van der Waals surface area contributed by atoms with Crippen molar-refractivity contribution in [2.45, 2.75) is 257 Å². The van der Waals surface area contributed by atoms with E-state index in [-0.39, 0.29) is 75.6 Å². The maximum Gasteiger partial charge on any atom is 0.334 e. The standard InChI is InChI=1S/C60H105N3O15/c1-37(2)20-15-16-26-55(72)76-47-31-45(64)30-46(65)32-50(67)38(3)22-18-24-42(7)56(41(6)21-14-12-10-11-13-17-29-63-59(61)62)77-58(74)43(8)25-19-23-39(4)51(68)35-52(69)44(9)49(66)28-27-40(5)54(71)36-60(75)57(73)53(70)34-48(33-47)78-60/h10-11,18-19,22-25,37,39-42,44-54,56-57,64-71,73,75H,12-17,20-21,26-36H2,1-9H3,(H4,61,62,63)/b11-10+,23-19+,24-18+,38-22-,43-25-/t39-,40+,41+,42-,44-,45+,46+,47-,48+,49-,50-,51+,52-,53-,54+,56+,57+,60-/m1/s1. The van der Waals surface area contributed by atoms with E-state index in [2.05, 4.69) is 31.0 Å². The lowest BCUT2D eigenvalue weighted by molar-refractivity contribution is -0.333. The fourth-order valence-electron chi connectivity index (χ4n) is 10.1. The molecule has 18 heteroatoms. The Balaban J connectivity index is 2.45. The van der Waals surface area contributed by atoms with Crippen molar-refractivity contribution in [3.63, 3.8) is 0 Å². The normalized spacial score (nSPS) is 37.2. The molecule has 78 heavy (non-hydrogen) atoms. The summed E-state index contributed by atoms with van der Waals surface area (Å²) in [5.41, 5.74) is 11.7. The summed E-state index contributed by atoms with van der Waals surface area (Å²) in [7, 11) is 0. The van der Waals surface area contributed by atoms with Gasteiger partial charge in [0, 0.05) is 74.8 Å². The molecule has 0 saturated carbocycles. The molecule has 450 valence electrons. The second-order valence-corrected chi connectivity index (χ2v) is 23.4. The van der Waals surface area contributed by atoms with Crippen LogP contribution in [0.15, 0.2) is 64.7 Å². The molecule has 0 spiro atoms. The molecule has 18 atom stereocenters. The van der Waals surface area contributed by atoms with Gasteiger partial charge in [0.25, 0.3) is 0 Å². The van der Waals surface area contributed by atoms with E-state index < -0.39 is 115 Å². The second-order valence-electron chi connectivity index (χ2n) is 23.4. The smallest absolute Gasteiger partial charge is 0.334 e. The van der Waals surface area contributed by atoms with Gasteiger partial charge in [-0.25, -0.2) is 4.79 Å². The van der Waals surface area contributed by atoms with Gasteiger partial charge in [-0.3, -0.25) is 9.79 Å². The van der Waals surface area contributed by atoms with E-state index in [1.807, 2.05) is 19.9 Å². The molecule has 14 N–H and O–H groups in total. The average Bonchev–Trinajstić information content (AvgIpc) is 3.36. The Kier molecular flexibility index (Phi) is 33.2. The quantitative estimate of drug-likeness (QED) is 0.0301. The molecule has 2 aliphatic heterocycles. The topological polar surface area (TPSA) is 329 Å². The average molecular weight is 1110 g/mol.